The lowest BCUT2D eigenvalue weighted by atomic mass is 9.70. The number of anilines is 3. The largest absolute Gasteiger partial charge is 0.455 e. The molecule has 298 valence electrons. The van der Waals surface area contributed by atoms with Crippen LogP contribution in [0, 0.1) is 0 Å². The Morgan fingerprint density at radius 1 is 0.312 bits per heavy atom. The zero-order valence-electron chi connectivity index (χ0n) is 68.8. The summed E-state index contributed by atoms with van der Waals surface area (Å²) in [6, 6.07) is -39.6. The molecule has 64 heavy (non-hydrogen) atoms. The highest BCUT2D eigenvalue weighted by Crippen LogP contribution is 2.63. The van der Waals surface area contributed by atoms with Crippen molar-refractivity contribution in [2.45, 2.75) is 5.41 Å². The van der Waals surface area contributed by atoms with E-state index in [1.54, 1.807) is 0 Å². The van der Waals surface area contributed by atoms with Gasteiger partial charge >= 0.3 is 0 Å². The van der Waals surface area contributed by atoms with Crippen LogP contribution in [0.2, 0.25) is 0 Å². The maximum atomic E-state index is 10.6. The Morgan fingerprint density at radius 3 is 1.19 bits per heavy atom. The zero-order valence-corrected chi connectivity index (χ0v) is 31.8. The van der Waals surface area contributed by atoms with Crippen molar-refractivity contribution in [2.75, 3.05) is 4.90 Å². The van der Waals surface area contributed by atoms with Crippen LogP contribution in [0.3, 0.4) is 0 Å². The first kappa shape index (κ1) is 14.9. The van der Waals surface area contributed by atoms with Gasteiger partial charge in [0.05, 0.1) is 56.1 Å². The third-order valence-electron chi connectivity index (χ3n) is 11.1. The van der Waals surface area contributed by atoms with E-state index < -0.39 is 357 Å². The molecule has 14 rings (SSSR count). The van der Waals surface area contributed by atoms with Crippen LogP contribution >= 0.6 is 0 Å². The minimum absolute atomic E-state index is 0.264. The van der Waals surface area contributed by atoms with Gasteiger partial charge in [-0.2, -0.15) is 0 Å². The number of furan rings is 2. The van der Waals surface area contributed by atoms with E-state index in [1.807, 2.05) is 0 Å². The number of fused-ring (bicyclic) bond motifs is 16. The second kappa shape index (κ2) is 13.3. The Morgan fingerprint density at radius 2 is 0.688 bits per heavy atom. The Kier molecular flexibility index (Phi) is 3.09. The summed E-state index contributed by atoms with van der Waals surface area (Å²) in [5, 5.41) is -2.11. The summed E-state index contributed by atoms with van der Waals surface area (Å²) in [5.74, 6) is 0. The molecule has 0 bridgehead atoms. The quantitative estimate of drug-likeness (QED) is 0.173. The second-order valence-corrected chi connectivity index (χ2v) is 14.3. The minimum atomic E-state index is -3.00. The van der Waals surface area contributed by atoms with E-state index in [0.717, 1.165) is 0 Å². The predicted octanol–water partition coefficient (Wildman–Crippen LogP) is 16.6. The van der Waals surface area contributed by atoms with Crippen molar-refractivity contribution >= 4 is 60.9 Å². The predicted molar refractivity (Wildman–Crippen MR) is 263 cm³/mol. The average molecular weight is 853 g/mol. The highest BCUT2D eigenvalue weighted by Gasteiger charge is 2.51. The summed E-state index contributed by atoms with van der Waals surface area (Å²) in [6.07, 6.45) is 0. The van der Waals surface area contributed by atoms with Gasteiger partial charge < -0.3 is 13.7 Å². The van der Waals surface area contributed by atoms with Gasteiger partial charge in [0.25, 0.3) is 0 Å². The third-order valence-corrected chi connectivity index (χ3v) is 11.1. The molecule has 2 aliphatic carbocycles. The Balaban J connectivity index is 1.17. The van der Waals surface area contributed by atoms with Crippen molar-refractivity contribution in [2.24, 2.45) is 0 Å². The van der Waals surface area contributed by atoms with Gasteiger partial charge in [0, 0.05) is 49.7 Å². The molecule has 0 unspecified atom stereocenters. The lowest BCUT2D eigenvalue weighted by Gasteiger charge is -2.31. The first-order chi connectivity index (χ1) is 47.1. The van der Waals surface area contributed by atoms with E-state index in [0.29, 0.717) is 0 Å². The molecule has 12 aromatic rings. The van der Waals surface area contributed by atoms with Crippen LogP contribution in [0.4, 0.5) is 17.1 Å². The first-order valence-corrected chi connectivity index (χ1v) is 19.0. The van der Waals surface area contributed by atoms with Crippen molar-refractivity contribution < 1.29 is 59.6 Å². The maximum Gasteiger partial charge on any atom is 0.143 e. The van der Waals surface area contributed by atoms with Crippen molar-refractivity contribution in [3.05, 3.63) is 246 Å². The molecule has 10 aromatic carbocycles. The fraction of sp³-hybridized carbons (Fsp3) is 0.0164. The molecule has 0 saturated heterocycles. The summed E-state index contributed by atoms with van der Waals surface area (Å²) in [4.78, 5) is 0.264. The lowest BCUT2D eigenvalue weighted by Crippen LogP contribution is -2.25. The van der Waals surface area contributed by atoms with Crippen molar-refractivity contribution in [3.8, 4) is 44.5 Å². The molecule has 2 aromatic heterocycles. The summed E-state index contributed by atoms with van der Waals surface area (Å²) >= 11 is 0. The third kappa shape index (κ3) is 4.81. The number of nitrogens with zero attached hydrogens (tertiary/aromatic N) is 1. The molecule has 0 atom stereocenters. The van der Waals surface area contributed by atoms with Crippen molar-refractivity contribution in [1.29, 1.82) is 0 Å². The van der Waals surface area contributed by atoms with Crippen molar-refractivity contribution in [3.63, 3.8) is 0 Å². The smallest absolute Gasteiger partial charge is 0.143 e. The molecule has 0 saturated carbocycles. The average Bonchev–Trinajstić information content (AvgIpc) is 1.47. The lowest BCUT2D eigenvalue weighted by molar-refractivity contribution is 0.669. The number of para-hydroxylation sites is 4. The number of benzene rings is 10. The zero-order chi connectivity index (χ0) is 74.1. The number of hydrogen-bond donors (Lipinski definition) is 0. The Hall–Kier alpha value is -8.40. The molecular weight excluding hydrogens is 779 g/mol. The molecule has 0 radical (unpaired) electrons. The van der Waals surface area contributed by atoms with Gasteiger partial charge in [-0.15, -0.1) is 0 Å². The molecular formula is C61H37NO2. The van der Waals surface area contributed by atoms with Gasteiger partial charge in [-0.25, -0.2) is 0 Å². The summed E-state index contributed by atoms with van der Waals surface area (Å²) in [6.45, 7) is 0. The molecule has 0 N–H and O–H groups in total. The topological polar surface area (TPSA) is 29.5 Å². The van der Waals surface area contributed by atoms with Gasteiger partial charge in [0.1, 0.15) is 22.3 Å². The summed E-state index contributed by atoms with van der Waals surface area (Å²) in [7, 11) is 0. The van der Waals surface area contributed by atoms with Gasteiger partial charge in [0.2, 0.25) is 0 Å². The number of hydrogen-bond acceptors (Lipinski definition) is 3. The first-order valence-electron chi connectivity index (χ1n) is 37.5. The van der Waals surface area contributed by atoms with Gasteiger partial charge in [0.15, 0.2) is 0 Å². The molecule has 1 spiro atoms. The maximum absolute atomic E-state index is 10.6. The standard InChI is InChI=1S/C61H37NO2/c1-6-22-53-45(13-1)46-14-2-7-23-54(46)61(53)55-24-8-3-15-47(55)52-37-42(35-36-56(52)61)62(40-31-27-38(28-32-40)43-18-11-20-50-48-16-4-9-25-57(48)63-59(43)50)41-33-29-39(30-34-41)44-19-12-21-51-49-17-5-10-26-58(49)64-60(44)51/h1-37H/i1D,2D,3D,4D,5D,6D,7D,8D,9D,10D,11D,12D,13D,14D,15D,16D,17D,18D,19D,20D,21D,22D,23D,24D,25D,26D,27D,28D,29D,30D,31D,32D,33D,34D,35D,36D,37D. The summed E-state index contributed by atoms with van der Waals surface area (Å²) in [5.41, 5.74) is -19.6. The van der Waals surface area contributed by atoms with E-state index in [-0.39, 0.29) is 4.90 Å². The summed E-state index contributed by atoms with van der Waals surface area (Å²) < 4.78 is 356. The van der Waals surface area contributed by atoms with E-state index in [4.69, 9.17) is 33.5 Å². The Bertz CT molecular complexity index is 5720. The molecule has 2 heterocycles. The molecule has 3 heteroatoms. The Labute approximate surface area is 421 Å². The minimum Gasteiger partial charge on any atom is -0.455 e. The van der Waals surface area contributed by atoms with Crippen LogP contribution in [-0.2, 0) is 5.41 Å². The van der Waals surface area contributed by atoms with Gasteiger partial charge in [-0.1, -0.05) is 175 Å². The SMILES string of the molecule is [2H]c1c([2H])c([2H])c2c(c1[2H])-c1c([2H])c([2H])c([2H])c([2H])c1C21c2c([2H])c([2H])c([2H])c([2H])c2-c2c([2H])c(N(c3c([2H])c([2H])c(-c4c([2H])c([2H])c([2H])c5c4oc4c([2H])c([2H])c([2H])c([2H])c45)c([2H])c3[2H])c3c([2H])c([2H])c(-c4c([2H])c([2H])c([2H])c5c4oc4c([2H])c([2H])c([2H])c([2H])c45)c([2H])c3[2H])c([2H])c([2H])c21. The fourth-order valence-corrected chi connectivity index (χ4v) is 8.50. The molecule has 0 amide bonds. The molecule has 3 nitrogen and oxygen atoms in total. The monoisotopic (exact) mass is 853 g/mol. The van der Waals surface area contributed by atoms with Gasteiger partial charge in [-0.3, -0.25) is 0 Å². The van der Waals surface area contributed by atoms with E-state index in [1.165, 1.54) is 0 Å². The van der Waals surface area contributed by atoms with E-state index >= 15 is 0 Å². The fourth-order valence-electron chi connectivity index (χ4n) is 8.50. The molecule has 0 aliphatic heterocycles. The van der Waals surface area contributed by atoms with Crippen LogP contribution in [-0.4, -0.2) is 0 Å². The van der Waals surface area contributed by atoms with Crippen molar-refractivity contribution in [1.82, 2.24) is 0 Å². The van der Waals surface area contributed by atoms with Crippen LogP contribution < -0.4 is 4.90 Å². The van der Waals surface area contributed by atoms with Gasteiger partial charge in [-0.05, 0) is 104 Å². The second-order valence-electron chi connectivity index (χ2n) is 14.3. The molecule has 0 fully saturated rings. The van der Waals surface area contributed by atoms with Crippen LogP contribution in [0.25, 0.3) is 88.4 Å². The molecule has 2 aliphatic rings. The van der Waals surface area contributed by atoms with Crippen LogP contribution in [0.15, 0.2) is 232 Å². The normalized spacial score (nSPS) is 21.2. The highest BCUT2D eigenvalue weighted by atomic mass is 16.3. The highest BCUT2D eigenvalue weighted by molar-refractivity contribution is 6.11. The van der Waals surface area contributed by atoms with Crippen LogP contribution in [0.1, 0.15) is 73.0 Å². The van der Waals surface area contributed by atoms with Crippen LogP contribution in [0.5, 0.6) is 0 Å². The van der Waals surface area contributed by atoms with E-state index in [2.05, 4.69) is 0 Å². The number of rotatable bonds is 5. The van der Waals surface area contributed by atoms with E-state index in [9.17, 15) is 26.0 Å².